The highest BCUT2D eigenvalue weighted by Crippen LogP contribution is 2.19. The Bertz CT molecular complexity index is 819. The fourth-order valence-electron chi connectivity index (χ4n) is 2.24. The van der Waals surface area contributed by atoms with Gasteiger partial charge in [0.25, 0.3) is 0 Å². The molecule has 128 valence electrons. The molecule has 7 heteroatoms. The molecule has 0 bridgehead atoms. The van der Waals surface area contributed by atoms with Crippen molar-refractivity contribution in [2.45, 2.75) is 18.4 Å². The molecule has 0 atom stereocenters. The van der Waals surface area contributed by atoms with Crippen molar-refractivity contribution in [3.63, 3.8) is 0 Å². The lowest BCUT2D eigenvalue weighted by atomic mass is 10.2. The number of hydrogen-bond donors (Lipinski definition) is 0. The van der Waals surface area contributed by atoms with Crippen molar-refractivity contribution >= 4 is 16.0 Å². The lowest BCUT2D eigenvalue weighted by Gasteiger charge is -2.20. The van der Waals surface area contributed by atoms with Gasteiger partial charge < -0.3 is 4.74 Å². The van der Waals surface area contributed by atoms with Crippen molar-refractivity contribution < 1.29 is 22.3 Å². The first-order valence-electron chi connectivity index (χ1n) is 7.31. The molecule has 2 aromatic rings. The number of hydrogen-bond acceptors (Lipinski definition) is 4. The molecule has 0 fully saturated rings. The van der Waals surface area contributed by atoms with Crippen LogP contribution in [0.3, 0.4) is 0 Å². The smallest absolute Gasteiger partial charge is 0.337 e. The van der Waals surface area contributed by atoms with Gasteiger partial charge in [0, 0.05) is 13.1 Å². The molecule has 0 aliphatic heterocycles. The zero-order chi connectivity index (χ0) is 17.7. The molecule has 0 aromatic heterocycles. The molecular formula is C17H18FNO4S. The minimum Gasteiger partial charge on any atom is -0.465 e. The number of ether oxygens (including phenoxy) is 1. The molecule has 2 rings (SSSR count). The Morgan fingerprint density at radius 2 is 1.83 bits per heavy atom. The van der Waals surface area contributed by atoms with Gasteiger partial charge in [0.05, 0.1) is 17.6 Å². The molecule has 0 aliphatic rings. The van der Waals surface area contributed by atoms with Gasteiger partial charge in [-0.15, -0.1) is 0 Å². The van der Waals surface area contributed by atoms with Gasteiger partial charge >= 0.3 is 5.97 Å². The summed E-state index contributed by atoms with van der Waals surface area (Å²) in [6, 6.07) is 11.3. The predicted molar refractivity (Wildman–Crippen MR) is 87.5 cm³/mol. The van der Waals surface area contributed by atoms with Crippen LogP contribution in [0.1, 0.15) is 22.8 Å². The molecular weight excluding hydrogens is 333 g/mol. The highest BCUT2D eigenvalue weighted by molar-refractivity contribution is 7.89. The first-order valence-corrected chi connectivity index (χ1v) is 8.75. The Kier molecular flexibility index (Phi) is 5.69. The number of nitrogens with zero attached hydrogens (tertiary/aromatic N) is 1. The summed E-state index contributed by atoms with van der Waals surface area (Å²) in [5.74, 6) is -0.950. The summed E-state index contributed by atoms with van der Waals surface area (Å²) in [4.78, 5) is 11.5. The number of sulfonamides is 1. The highest BCUT2D eigenvalue weighted by atomic mass is 32.2. The first kappa shape index (κ1) is 18.1. The van der Waals surface area contributed by atoms with Crippen molar-refractivity contribution in [1.29, 1.82) is 0 Å². The monoisotopic (exact) mass is 351 g/mol. The van der Waals surface area contributed by atoms with E-state index in [1.54, 1.807) is 13.0 Å². The first-order chi connectivity index (χ1) is 11.4. The molecule has 0 saturated carbocycles. The summed E-state index contributed by atoms with van der Waals surface area (Å²) in [5, 5.41) is 0. The van der Waals surface area contributed by atoms with Crippen LogP contribution in [-0.2, 0) is 21.3 Å². The second kappa shape index (κ2) is 7.55. The Morgan fingerprint density at radius 1 is 1.17 bits per heavy atom. The summed E-state index contributed by atoms with van der Waals surface area (Å²) >= 11 is 0. The minimum absolute atomic E-state index is 0.0633. The standard InChI is InChI=1S/C17H18FNO4S/c1-3-19(12-13-5-4-6-15(18)11-13)24(21,22)16-9-7-14(8-10-16)17(20)23-2/h4-11H,3,12H2,1-2H3. The Morgan fingerprint density at radius 3 is 2.38 bits per heavy atom. The third kappa shape index (κ3) is 3.98. The second-order valence-corrected chi connectivity index (χ2v) is 7.02. The minimum atomic E-state index is -3.75. The molecule has 0 spiro atoms. The van der Waals surface area contributed by atoms with Gasteiger partial charge in [-0.3, -0.25) is 0 Å². The average Bonchev–Trinajstić information content (AvgIpc) is 2.59. The quantitative estimate of drug-likeness (QED) is 0.751. The summed E-state index contributed by atoms with van der Waals surface area (Å²) in [6.07, 6.45) is 0. The van der Waals surface area contributed by atoms with Crippen LogP contribution in [0, 0.1) is 5.82 Å². The van der Waals surface area contributed by atoms with Gasteiger partial charge in [-0.1, -0.05) is 19.1 Å². The molecule has 0 heterocycles. The number of rotatable bonds is 6. The van der Waals surface area contributed by atoms with Gasteiger partial charge in [0.1, 0.15) is 5.82 Å². The van der Waals surface area contributed by atoms with E-state index in [0.29, 0.717) is 5.56 Å². The zero-order valence-electron chi connectivity index (χ0n) is 13.4. The van der Waals surface area contributed by atoms with Crippen molar-refractivity contribution in [3.05, 3.63) is 65.5 Å². The molecule has 5 nitrogen and oxygen atoms in total. The van der Waals surface area contributed by atoms with Crippen molar-refractivity contribution in [2.24, 2.45) is 0 Å². The maximum absolute atomic E-state index is 13.3. The molecule has 0 N–H and O–H groups in total. The summed E-state index contributed by atoms with van der Waals surface area (Å²) in [7, 11) is -2.50. The number of carbonyl (C=O) groups excluding carboxylic acids is 1. The number of esters is 1. The van der Waals surface area contributed by atoms with Crippen LogP contribution < -0.4 is 0 Å². The lowest BCUT2D eigenvalue weighted by molar-refractivity contribution is 0.0600. The summed E-state index contributed by atoms with van der Waals surface area (Å²) in [5.41, 5.74) is 0.830. The number of methoxy groups -OCH3 is 1. The third-order valence-electron chi connectivity index (χ3n) is 3.51. The van der Waals surface area contributed by atoms with Gasteiger partial charge in [-0.05, 0) is 42.0 Å². The molecule has 0 radical (unpaired) electrons. The van der Waals surface area contributed by atoms with Crippen LogP contribution in [0.15, 0.2) is 53.4 Å². The lowest BCUT2D eigenvalue weighted by Crippen LogP contribution is -2.30. The molecule has 24 heavy (non-hydrogen) atoms. The molecule has 2 aromatic carbocycles. The van der Waals surface area contributed by atoms with Crippen LogP contribution >= 0.6 is 0 Å². The van der Waals surface area contributed by atoms with E-state index in [1.807, 2.05) is 0 Å². The fourth-order valence-corrected chi connectivity index (χ4v) is 3.67. The largest absolute Gasteiger partial charge is 0.465 e. The number of carbonyl (C=O) groups is 1. The van der Waals surface area contributed by atoms with Crippen LogP contribution in [0.4, 0.5) is 4.39 Å². The predicted octanol–water partition coefficient (Wildman–Crippen LogP) is 2.82. The Labute approximate surface area is 140 Å². The maximum atomic E-state index is 13.3. The maximum Gasteiger partial charge on any atom is 0.337 e. The van der Waals surface area contributed by atoms with E-state index < -0.39 is 21.8 Å². The van der Waals surface area contributed by atoms with Gasteiger partial charge in [-0.2, -0.15) is 4.31 Å². The van der Waals surface area contributed by atoms with Crippen LogP contribution in [0.2, 0.25) is 0 Å². The van der Waals surface area contributed by atoms with Gasteiger partial charge in [0.15, 0.2) is 0 Å². The van der Waals surface area contributed by atoms with Crippen molar-refractivity contribution in [2.75, 3.05) is 13.7 Å². The van der Waals surface area contributed by atoms with E-state index in [-0.39, 0.29) is 23.5 Å². The normalized spacial score (nSPS) is 11.5. The average molecular weight is 351 g/mol. The zero-order valence-corrected chi connectivity index (χ0v) is 14.2. The number of benzene rings is 2. The van der Waals surface area contributed by atoms with Crippen molar-refractivity contribution in [3.8, 4) is 0 Å². The van der Waals surface area contributed by atoms with Gasteiger partial charge in [0.2, 0.25) is 10.0 Å². The van der Waals surface area contributed by atoms with E-state index in [4.69, 9.17) is 0 Å². The van der Waals surface area contributed by atoms with Crippen LogP contribution in [0.5, 0.6) is 0 Å². The molecule has 0 unspecified atom stereocenters. The van der Waals surface area contributed by atoms with E-state index >= 15 is 0 Å². The second-order valence-electron chi connectivity index (χ2n) is 5.08. The fraction of sp³-hybridized carbons (Fsp3) is 0.235. The SMILES string of the molecule is CCN(Cc1cccc(F)c1)S(=O)(=O)c1ccc(C(=O)OC)cc1. The highest BCUT2D eigenvalue weighted by Gasteiger charge is 2.23. The molecule has 0 saturated heterocycles. The number of halogens is 1. The van der Waals surface area contributed by atoms with Gasteiger partial charge in [-0.25, -0.2) is 17.6 Å². The Balaban J connectivity index is 2.27. The molecule has 0 aliphatic carbocycles. The van der Waals surface area contributed by atoms with E-state index in [2.05, 4.69) is 4.74 Å². The van der Waals surface area contributed by atoms with Crippen LogP contribution in [-0.4, -0.2) is 32.3 Å². The summed E-state index contributed by atoms with van der Waals surface area (Å²) < 4.78 is 44.6. The third-order valence-corrected chi connectivity index (χ3v) is 5.45. The topological polar surface area (TPSA) is 63.7 Å². The Hall–Kier alpha value is -2.25. The molecule has 0 amide bonds. The summed E-state index contributed by atoms with van der Waals surface area (Å²) in [6.45, 7) is 2.01. The van der Waals surface area contributed by atoms with E-state index in [9.17, 15) is 17.6 Å². The van der Waals surface area contributed by atoms with E-state index in [0.717, 1.165) is 0 Å². The van der Waals surface area contributed by atoms with Crippen LogP contribution in [0.25, 0.3) is 0 Å². The van der Waals surface area contributed by atoms with E-state index in [1.165, 1.54) is 53.9 Å². The van der Waals surface area contributed by atoms with Crippen molar-refractivity contribution in [1.82, 2.24) is 4.31 Å².